The van der Waals surface area contributed by atoms with Crippen LogP contribution >= 0.6 is 0 Å². The highest BCUT2D eigenvalue weighted by atomic mass is 19.1. The Morgan fingerprint density at radius 3 is 2.61 bits per heavy atom. The lowest BCUT2D eigenvalue weighted by Crippen LogP contribution is -2.26. The maximum Gasteiger partial charge on any atom is 0.123 e. The number of fused-ring (bicyclic) bond motifs is 1. The summed E-state index contributed by atoms with van der Waals surface area (Å²) >= 11 is 0. The number of allylic oxidation sites excluding steroid dienone is 1. The zero-order chi connectivity index (χ0) is 16.4. The maximum absolute atomic E-state index is 13.2. The molecule has 0 aromatic heterocycles. The van der Waals surface area contributed by atoms with Gasteiger partial charge in [-0.2, -0.15) is 0 Å². The molecule has 1 aliphatic carbocycles. The summed E-state index contributed by atoms with van der Waals surface area (Å²) in [4.78, 5) is 0. The van der Waals surface area contributed by atoms with E-state index in [0.29, 0.717) is 0 Å². The minimum Gasteiger partial charge on any atom is -0.497 e. The molecule has 23 heavy (non-hydrogen) atoms. The fourth-order valence-electron chi connectivity index (χ4n) is 3.93. The summed E-state index contributed by atoms with van der Waals surface area (Å²) in [6.45, 7) is 6.23. The molecule has 0 saturated heterocycles. The number of halogens is 1. The van der Waals surface area contributed by atoms with E-state index in [1.165, 1.54) is 22.3 Å². The lowest BCUT2D eigenvalue weighted by Gasteiger charge is -2.31. The molecule has 0 fully saturated rings. The molecule has 0 aliphatic heterocycles. The van der Waals surface area contributed by atoms with Gasteiger partial charge in [-0.15, -0.1) is 6.58 Å². The molecule has 2 aromatic rings. The third-order valence-electron chi connectivity index (χ3n) is 4.85. The van der Waals surface area contributed by atoms with Crippen molar-refractivity contribution < 1.29 is 9.13 Å². The summed E-state index contributed by atoms with van der Waals surface area (Å²) in [5.74, 6) is 0.732. The fourth-order valence-corrected chi connectivity index (χ4v) is 3.93. The van der Waals surface area contributed by atoms with E-state index in [2.05, 4.69) is 25.6 Å². The van der Waals surface area contributed by atoms with E-state index >= 15 is 0 Å². The normalized spacial score (nSPS) is 19.4. The summed E-state index contributed by atoms with van der Waals surface area (Å²) < 4.78 is 18.6. The number of aryl methyl sites for hydroxylation is 1. The average Bonchev–Trinajstić information content (AvgIpc) is 2.87. The van der Waals surface area contributed by atoms with Crippen molar-refractivity contribution in [2.75, 3.05) is 7.11 Å². The van der Waals surface area contributed by atoms with Gasteiger partial charge in [-0.25, -0.2) is 4.39 Å². The van der Waals surface area contributed by atoms with Crippen LogP contribution in [0.2, 0.25) is 0 Å². The van der Waals surface area contributed by atoms with Gasteiger partial charge in [-0.1, -0.05) is 23.8 Å². The molecule has 0 spiro atoms. The summed E-state index contributed by atoms with van der Waals surface area (Å²) in [7, 11) is 1.70. The van der Waals surface area contributed by atoms with Crippen LogP contribution in [-0.4, -0.2) is 7.11 Å². The molecule has 0 saturated carbocycles. The molecular weight excluding hydrogens is 287 g/mol. The molecule has 0 bridgehead atoms. The molecule has 0 heterocycles. The Hall–Kier alpha value is -2.09. The van der Waals surface area contributed by atoms with Gasteiger partial charge in [0.15, 0.2) is 0 Å². The Labute approximate surface area is 137 Å². The fraction of sp³-hybridized carbons (Fsp3) is 0.333. The van der Waals surface area contributed by atoms with Crippen LogP contribution in [0.15, 0.2) is 54.6 Å². The number of hydrogen-bond donors (Lipinski definition) is 0. The van der Waals surface area contributed by atoms with E-state index in [0.717, 1.165) is 31.4 Å². The molecule has 120 valence electrons. The summed E-state index contributed by atoms with van der Waals surface area (Å²) in [6.07, 6.45) is 4.03. The van der Waals surface area contributed by atoms with Crippen LogP contribution in [-0.2, 0) is 18.3 Å². The van der Waals surface area contributed by atoms with Crippen LogP contribution in [0.4, 0.5) is 4.39 Å². The highest BCUT2D eigenvalue weighted by Gasteiger charge is 2.38. The van der Waals surface area contributed by atoms with E-state index in [9.17, 15) is 4.39 Å². The largest absolute Gasteiger partial charge is 0.497 e. The average molecular weight is 310 g/mol. The first-order chi connectivity index (χ1) is 11.0. The van der Waals surface area contributed by atoms with Gasteiger partial charge < -0.3 is 4.74 Å². The SMILES string of the molecule is C=C(C)C[C@@]1(Cc2ccc(F)cc2)CCc2cc(OC)ccc21. The minimum absolute atomic E-state index is 0.0608. The van der Waals surface area contributed by atoms with Crippen molar-refractivity contribution in [3.05, 3.63) is 77.1 Å². The molecule has 0 amide bonds. The predicted octanol–water partition coefficient (Wildman–Crippen LogP) is 5.23. The smallest absolute Gasteiger partial charge is 0.123 e. The molecule has 0 N–H and O–H groups in total. The molecule has 2 heteroatoms. The van der Waals surface area contributed by atoms with Gasteiger partial charge in [0, 0.05) is 5.41 Å². The lowest BCUT2D eigenvalue weighted by molar-refractivity contribution is 0.411. The molecule has 1 nitrogen and oxygen atoms in total. The molecule has 0 unspecified atom stereocenters. The van der Waals surface area contributed by atoms with Crippen molar-refractivity contribution in [1.29, 1.82) is 0 Å². The van der Waals surface area contributed by atoms with E-state index in [-0.39, 0.29) is 11.2 Å². The van der Waals surface area contributed by atoms with Gasteiger partial charge in [-0.3, -0.25) is 0 Å². The Morgan fingerprint density at radius 2 is 1.96 bits per heavy atom. The van der Waals surface area contributed by atoms with Crippen LogP contribution in [0, 0.1) is 5.82 Å². The molecule has 0 radical (unpaired) electrons. The first kappa shape index (κ1) is 15.8. The number of benzene rings is 2. The lowest BCUT2D eigenvalue weighted by atomic mass is 9.72. The van der Waals surface area contributed by atoms with Crippen molar-refractivity contribution in [2.24, 2.45) is 0 Å². The third kappa shape index (κ3) is 3.17. The van der Waals surface area contributed by atoms with Gasteiger partial charge >= 0.3 is 0 Å². The number of methoxy groups -OCH3 is 1. The first-order valence-corrected chi connectivity index (χ1v) is 8.09. The van der Waals surface area contributed by atoms with Gasteiger partial charge in [0.25, 0.3) is 0 Å². The second-order valence-corrected chi connectivity index (χ2v) is 6.74. The van der Waals surface area contributed by atoms with E-state index in [4.69, 9.17) is 4.74 Å². The van der Waals surface area contributed by atoms with Crippen molar-refractivity contribution in [1.82, 2.24) is 0 Å². The molecule has 2 aromatic carbocycles. The van der Waals surface area contributed by atoms with E-state index in [1.54, 1.807) is 19.2 Å². The summed E-state index contributed by atoms with van der Waals surface area (Å²) in [6, 6.07) is 13.3. The van der Waals surface area contributed by atoms with Crippen molar-refractivity contribution in [3.8, 4) is 5.75 Å². The monoisotopic (exact) mass is 310 g/mol. The van der Waals surface area contributed by atoms with Gasteiger partial charge in [0.2, 0.25) is 0 Å². The zero-order valence-corrected chi connectivity index (χ0v) is 13.9. The van der Waals surface area contributed by atoms with Gasteiger partial charge in [0.05, 0.1) is 7.11 Å². The van der Waals surface area contributed by atoms with Crippen LogP contribution in [0.5, 0.6) is 5.75 Å². The standard InChI is InChI=1S/C21H23FO/c1-15(2)13-21(14-16-4-6-18(22)7-5-16)11-10-17-12-19(23-3)8-9-20(17)21/h4-9,12H,1,10-11,13-14H2,2-3H3/t21-/m1/s1. The van der Waals surface area contributed by atoms with E-state index in [1.807, 2.05) is 18.2 Å². The first-order valence-electron chi connectivity index (χ1n) is 8.09. The van der Waals surface area contributed by atoms with Crippen molar-refractivity contribution in [2.45, 2.75) is 38.0 Å². The van der Waals surface area contributed by atoms with Crippen LogP contribution in [0.1, 0.15) is 36.5 Å². The Morgan fingerprint density at radius 1 is 1.22 bits per heavy atom. The molecule has 1 atom stereocenters. The summed E-state index contributed by atoms with van der Waals surface area (Å²) in [5, 5.41) is 0. The Bertz CT molecular complexity index is 717. The van der Waals surface area contributed by atoms with Gasteiger partial charge in [-0.05, 0) is 73.6 Å². The van der Waals surface area contributed by atoms with Crippen LogP contribution < -0.4 is 4.74 Å². The molecule has 1 aliphatic rings. The molecule has 3 rings (SSSR count). The van der Waals surface area contributed by atoms with Crippen LogP contribution in [0.25, 0.3) is 0 Å². The number of rotatable bonds is 5. The Balaban J connectivity index is 1.99. The topological polar surface area (TPSA) is 9.23 Å². The maximum atomic E-state index is 13.2. The van der Waals surface area contributed by atoms with Crippen LogP contribution in [0.3, 0.4) is 0 Å². The van der Waals surface area contributed by atoms with Gasteiger partial charge in [0.1, 0.15) is 11.6 Å². The minimum atomic E-state index is -0.181. The number of hydrogen-bond acceptors (Lipinski definition) is 1. The Kier molecular flexibility index (Phi) is 4.25. The second-order valence-electron chi connectivity index (χ2n) is 6.74. The highest BCUT2D eigenvalue weighted by molar-refractivity contribution is 5.46. The van der Waals surface area contributed by atoms with E-state index < -0.39 is 0 Å². The number of ether oxygens (including phenoxy) is 1. The zero-order valence-electron chi connectivity index (χ0n) is 13.9. The third-order valence-corrected chi connectivity index (χ3v) is 4.85. The predicted molar refractivity (Wildman–Crippen MR) is 92.5 cm³/mol. The van der Waals surface area contributed by atoms with Crippen molar-refractivity contribution in [3.63, 3.8) is 0 Å². The quantitative estimate of drug-likeness (QED) is 0.687. The summed E-state index contributed by atoms with van der Waals surface area (Å²) in [5.41, 5.74) is 5.19. The highest BCUT2D eigenvalue weighted by Crippen LogP contribution is 2.46. The van der Waals surface area contributed by atoms with Crippen molar-refractivity contribution >= 4 is 0 Å². The second kappa shape index (κ2) is 6.19. The molecular formula is C21H23FO.